The molecule has 0 atom stereocenters. The van der Waals surface area contributed by atoms with Crippen molar-refractivity contribution in [2.75, 3.05) is 31.9 Å². The van der Waals surface area contributed by atoms with Gasteiger partial charge < -0.3 is 14.8 Å². The van der Waals surface area contributed by atoms with E-state index in [2.05, 4.69) is 34.3 Å². The fraction of sp³-hybridized carbons (Fsp3) is 0.308. The largest absolute Gasteiger partial charge is 0.497 e. The van der Waals surface area contributed by atoms with Crippen molar-refractivity contribution < 1.29 is 14.3 Å². The number of carbonyl (C=O) groups excluding carboxylic acids is 1. The molecule has 33 heavy (non-hydrogen) atoms. The Labute approximate surface area is 199 Å². The monoisotopic (exact) mass is 463 g/mol. The third-order valence-electron chi connectivity index (χ3n) is 6.08. The predicted molar refractivity (Wildman–Crippen MR) is 133 cm³/mol. The molecule has 1 aliphatic heterocycles. The molecule has 0 aliphatic carbocycles. The van der Waals surface area contributed by atoms with Gasteiger partial charge in [-0.2, -0.15) is 0 Å². The van der Waals surface area contributed by atoms with Gasteiger partial charge in [-0.05, 0) is 54.5 Å². The third kappa shape index (κ3) is 5.38. The van der Waals surface area contributed by atoms with Gasteiger partial charge in [-0.25, -0.2) is 4.98 Å². The molecule has 6 nitrogen and oxygen atoms in total. The predicted octanol–water partition coefficient (Wildman–Crippen LogP) is 4.81. The zero-order valence-corrected chi connectivity index (χ0v) is 19.8. The van der Waals surface area contributed by atoms with Crippen LogP contribution in [-0.4, -0.2) is 37.5 Å². The molecule has 2 heterocycles. The Morgan fingerprint density at radius 3 is 2.45 bits per heavy atom. The van der Waals surface area contributed by atoms with Crippen LogP contribution in [0.2, 0.25) is 0 Å². The van der Waals surface area contributed by atoms with Crippen molar-refractivity contribution in [2.45, 2.75) is 24.8 Å². The number of aromatic nitrogens is 1. The van der Waals surface area contributed by atoms with E-state index in [1.165, 1.54) is 5.56 Å². The number of anilines is 1. The van der Waals surface area contributed by atoms with Gasteiger partial charge in [0, 0.05) is 25.3 Å². The molecule has 1 aromatic heterocycles. The lowest BCUT2D eigenvalue weighted by Gasteiger charge is -2.36. The highest BCUT2D eigenvalue weighted by atomic mass is 32.2. The van der Waals surface area contributed by atoms with Crippen molar-refractivity contribution in [3.8, 4) is 17.0 Å². The molecule has 1 saturated heterocycles. The van der Waals surface area contributed by atoms with E-state index >= 15 is 0 Å². The van der Waals surface area contributed by atoms with E-state index in [1.807, 2.05) is 48.7 Å². The van der Waals surface area contributed by atoms with Gasteiger partial charge in [0.25, 0.3) is 0 Å². The van der Waals surface area contributed by atoms with E-state index in [4.69, 9.17) is 14.5 Å². The van der Waals surface area contributed by atoms with Gasteiger partial charge in [0.05, 0.1) is 18.2 Å². The maximum Gasteiger partial charge on any atom is 0.236 e. The SMILES string of the molecule is COc1ccc(C2(C(=O)Nc3cccc(-c4ccc(CNSC)cc4)n3)CCOCC2)cc1. The van der Waals surface area contributed by atoms with Crippen LogP contribution in [0, 0.1) is 0 Å². The van der Waals surface area contributed by atoms with E-state index in [-0.39, 0.29) is 5.91 Å². The Bertz CT molecular complexity index is 1060. The summed E-state index contributed by atoms with van der Waals surface area (Å²) in [6.07, 6.45) is 3.25. The number of rotatable bonds is 8. The van der Waals surface area contributed by atoms with E-state index in [9.17, 15) is 4.79 Å². The molecule has 172 valence electrons. The fourth-order valence-corrected chi connectivity index (χ4v) is 4.44. The Morgan fingerprint density at radius 1 is 1.06 bits per heavy atom. The Balaban J connectivity index is 1.55. The second-order valence-electron chi connectivity index (χ2n) is 8.01. The van der Waals surface area contributed by atoms with Crippen LogP contribution >= 0.6 is 11.9 Å². The summed E-state index contributed by atoms with van der Waals surface area (Å²) < 4.78 is 14.1. The molecule has 4 rings (SSSR count). The second kappa shape index (κ2) is 10.8. The highest BCUT2D eigenvalue weighted by molar-refractivity contribution is 7.96. The van der Waals surface area contributed by atoms with Crippen LogP contribution < -0.4 is 14.8 Å². The summed E-state index contributed by atoms with van der Waals surface area (Å²) in [5, 5.41) is 3.08. The van der Waals surface area contributed by atoms with Crippen LogP contribution in [0.4, 0.5) is 5.82 Å². The van der Waals surface area contributed by atoms with Crippen LogP contribution in [0.5, 0.6) is 5.75 Å². The van der Waals surface area contributed by atoms with Crippen LogP contribution in [-0.2, 0) is 21.5 Å². The number of pyridine rings is 1. The molecule has 7 heteroatoms. The minimum atomic E-state index is -0.659. The van der Waals surface area contributed by atoms with Crippen LogP contribution in [0.3, 0.4) is 0 Å². The van der Waals surface area contributed by atoms with Crippen molar-refractivity contribution >= 4 is 23.7 Å². The molecule has 1 amide bonds. The smallest absolute Gasteiger partial charge is 0.236 e. The third-order valence-corrected chi connectivity index (χ3v) is 6.52. The first kappa shape index (κ1) is 23.3. The number of amides is 1. The van der Waals surface area contributed by atoms with Gasteiger partial charge in [0.1, 0.15) is 11.6 Å². The molecule has 0 unspecified atom stereocenters. The highest BCUT2D eigenvalue weighted by Gasteiger charge is 2.42. The maximum atomic E-state index is 13.6. The maximum absolute atomic E-state index is 13.6. The lowest BCUT2D eigenvalue weighted by molar-refractivity contribution is -0.125. The number of nitrogens with zero attached hydrogens (tertiary/aromatic N) is 1. The minimum absolute atomic E-state index is 0.0564. The van der Waals surface area contributed by atoms with Crippen molar-refractivity contribution in [1.82, 2.24) is 9.71 Å². The van der Waals surface area contributed by atoms with E-state index in [0.717, 1.165) is 29.1 Å². The fourth-order valence-electron chi connectivity index (χ4n) is 4.13. The van der Waals surface area contributed by atoms with Crippen LogP contribution in [0.15, 0.2) is 66.7 Å². The van der Waals surface area contributed by atoms with Crippen molar-refractivity contribution in [3.63, 3.8) is 0 Å². The molecule has 2 aromatic carbocycles. The first-order chi connectivity index (χ1) is 16.1. The summed E-state index contributed by atoms with van der Waals surface area (Å²) in [5.74, 6) is 1.26. The van der Waals surface area contributed by atoms with Crippen molar-refractivity contribution in [3.05, 3.63) is 77.9 Å². The number of benzene rings is 2. The summed E-state index contributed by atoms with van der Waals surface area (Å²) in [4.78, 5) is 18.3. The standard InChI is InChI=1S/C26H29N3O3S/c1-31-22-12-10-21(11-13-22)26(14-16-32-17-15-26)25(30)29-24-5-3-4-23(28-24)20-8-6-19(7-9-20)18-27-33-2/h3-13,27H,14-18H2,1-2H3,(H,28,29,30). The summed E-state index contributed by atoms with van der Waals surface area (Å²) in [6.45, 7) is 1.90. The van der Waals surface area contributed by atoms with Crippen molar-refractivity contribution in [2.24, 2.45) is 0 Å². The average molecular weight is 464 g/mol. The summed E-state index contributed by atoms with van der Waals surface area (Å²) in [5.41, 5.74) is 3.35. The molecule has 1 fully saturated rings. The van der Waals surface area contributed by atoms with E-state index in [1.54, 1.807) is 19.1 Å². The van der Waals surface area contributed by atoms with E-state index in [0.29, 0.717) is 31.9 Å². The molecule has 0 bridgehead atoms. The molecule has 0 radical (unpaired) electrons. The first-order valence-electron chi connectivity index (χ1n) is 11.0. The lowest BCUT2D eigenvalue weighted by atomic mass is 9.73. The van der Waals surface area contributed by atoms with Crippen LogP contribution in [0.1, 0.15) is 24.0 Å². The highest BCUT2D eigenvalue weighted by Crippen LogP contribution is 2.37. The minimum Gasteiger partial charge on any atom is -0.497 e. The number of nitrogens with one attached hydrogen (secondary N) is 2. The van der Waals surface area contributed by atoms with Gasteiger partial charge in [-0.3, -0.25) is 9.52 Å². The average Bonchev–Trinajstić information content (AvgIpc) is 2.88. The molecule has 0 saturated carbocycles. The topological polar surface area (TPSA) is 72.5 Å². The van der Waals surface area contributed by atoms with Gasteiger partial charge in [0.15, 0.2) is 0 Å². The lowest BCUT2D eigenvalue weighted by Crippen LogP contribution is -2.45. The Hall–Kier alpha value is -2.87. The number of hydrogen-bond donors (Lipinski definition) is 2. The zero-order chi connectivity index (χ0) is 23.1. The summed E-state index contributed by atoms with van der Waals surface area (Å²) >= 11 is 1.60. The summed E-state index contributed by atoms with van der Waals surface area (Å²) in [6, 6.07) is 21.8. The quantitative estimate of drug-likeness (QED) is 0.467. The second-order valence-corrected chi connectivity index (χ2v) is 8.70. The number of carbonyl (C=O) groups is 1. The molecular formula is C26H29N3O3S. The van der Waals surface area contributed by atoms with E-state index < -0.39 is 5.41 Å². The van der Waals surface area contributed by atoms with Crippen molar-refractivity contribution in [1.29, 1.82) is 0 Å². The van der Waals surface area contributed by atoms with Gasteiger partial charge in [-0.15, -0.1) is 0 Å². The molecular weight excluding hydrogens is 434 g/mol. The zero-order valence-electron chi connectivity index (χ0n) is 19.0. The van der Waals surface area contributed by atoms with Gasteiger partial charge in [-0.1, -0.05) is 54.4 Å². The molecule has 1 aliphatic rings. The number of hydrogen-bond acceptors (Lipinski definition) is 6. The van der Waals surface area contributed by atoms with Gasteiger partial charge >= 0.3 is 0 Å². The molecule has 2 N–H and O–H groups in total. The Kier molecular flexibility index (Phi) is 7.65. The van der Waals surface area contributed by atoms with Crippen LogP contribution in [0.25, 0.3) is 11.3 Å². The Morgan fingerprint density at radius 2 is 1.79 bits per heavy atom. The number of methoxy groups -OCH3 is 1. The normalized spacial score (nSPS) is 15.1. The summed E-state index contributed by atoms with van der Waals surface area (Å²) in [7, 11) is 1.64. The number of ether oxygens (including phenoxy) is 2. The van der Waals surface area contributed by atoms with Gasteiger partial charge in [0.2, 0.25) is 5.91 Å². The molecule has 3 aromatic rings. The molecule has 0 spiro atoms. The first-order valence-corrected chi connectivity index (χ1v) is 12.2.